The molecular weight excluding hydrogens is 975 g/mol. The van der Waals surface area contributed by atoms with Crippen LogP contribution >= 0.6 is 15.8 Å². The van der Waals surface area contributed by atoms with Crippen LogP contribution in [0.2, 0.25) is 0 Å². The van der Waals surface area contributed by atoms with Crippen LogP contribution in [0.4, 0.5) is 5.69 Å². The minimum Gasteiger partial charge on any atom is -0.521 e. The summed E-state index contributed by atoms with van der Waals surface area (Å²) >= 11 is 0. The zero-order valence-electron chi connectivity index (χ0n) is 32.0. The van der Waals surface area contributed by atoms with E-state index in [0.29, 0.717) is 0 Å². The van der Waals surface area contributed by atoms with Crippen molar-refractivity contribution in [2.24, 2.45) is 0 Å². The Morgan fingerprint density at radius 2 is 1.13 bits per heavy atom. The number of nitro benzene ring substituents is 1. The molecule has 9 rings (SSSR count). The molecule has 0 aliphatic carbocycles. The number of carboxylic acid groups (broad SMARTS) is 1. The van der Waals surface area contributed by atoms with Crippen molar-refractivity contribution in [3.8, 4) is 40.2 Å². The Morgan fingerprint density at radius 3 is 1.62 bits per heavy atom. The summed E-state index contributed by atoms with van der Waals surface area (Å²) < 4.78 is 24.4. The average Bonchev–Trinajstić information content (AvgIpc) is 3.95. The molecule has 0 amide bonds. The first-order chi connectivity index (χ1) is 28.4. The first kappa shape index (κ1) is 43.2. The molecule has 2 heterocycles. The zero-order chi connectivity index (χ0) is 40.0. The Balaban J connectivity index is 0.000000324. The molecular formula is C47H36IrN2O8P2. The molecule has 0 aromatic heterocycles. The van der Waals surface area contributed by atoms with E-state index in [2.05, 4.69) is 152 Å². The van der Waals surface area contributed by atoms with E-state index in [1.807, 2.05) is 0 Å². The van der Waals surface area contributed by atoms with Crippen molar-refractivity contribution in [2.75, 3.05) is 13.6 Å². The summed E-state index contributed by atoms with van der Waals surface area (Å²) in [7, 11) is -2.94. The van der Waals surface area contributed by atoms with E-state index < -0.39 is 32.4 Å². The molecule has 7 aromatic carbocycles. The summed E-state index contributed by atoms with van der Waals surface area (Å²) in [6.45, 7) is 0.402. The van der Waals surface area contributed by atoms with Crippen LogP contribution in [-0.4, -0.2) is 29.6 Å². The molecule has 0 spiro atoms. The molecule has 301 valence electrons. The molecule has 0 fully saturated rings. The third kappa shape index (κ3) is 8.94. The van der Waals surface area contributed by atoms with E-state index in [9.17, 15) is 14.9 Å². The number of ether oxygens (including phenoxy) is 4. The van der Waals surface area contributed by atoms with Gasteiger partial charge in [-0.1, -0.05) is 84.4 Å². The summed E-state index contributed by atoms with van der Waals surface area (Å²) in [5.74, 6) is 1.77. The number of nitro groups is 1. The number of nitriles is 1. The van der Waals surface area contributed by atoms with Gasteiger partial charge in [-0.05, 0) is 66.7 Å². The maximum absolute atomic E-state index is 10.4. The SMILES string of the molecule is N#Cc1c[c-]c(C(=O)O)cc1[N+](=O)[O-].[CH3-].[Ir].c1ccc([PH+](c2ccccc2)c2cc3c(cc2-c2c([PH+](c4ccccc4)c4ccccc4)ccc4c2OCO4)OCO3)cc1. The first-order valence-corrected chi connectivity index (χ1v) is 21.1. The van der Waals surface area contributed by atoms with Gasteiger partial charge in [0.05, 0.1) is 27.5 Å². The zero-order valence-corrected chi connectivity index (χ0v) is 36.4. The van der Waals surface area contributed by atoms with Crippen LogP contribution < -0.4 is 50.8 Å². The topological polar surface area (TPSA) is 141 Å². The standard InChI is InChI=1S/C38H28O4P2.C8H3N2O4.CH3.Ir/c1-5-13-27(14-6-1)43(28-15-7-2-8-16-28)35-22-21-32-38(42-26-39-32)37(35)31-23-33-34(41-25-40-33)24-36(31)44(29-17-9-3-10-18-29)30-19-11-4-12-20-30;9-4-6-2-1-5(8(11)12)3-7(6)10(13)14;;/h1-24H,25-26H2;2-3H,(H,11,12);1H3;/q;2*-1;/p+2. The minimum atomic E-state index is -1.48. The summed E-state index contributed by atoms with van der Waals surface area (Å²) in [6, 6.07) is 57.7. The molecule has 60 heavy (non-hydrogen) atoms. The van der Waals surface area contributed by atoms with Crippen LogP contribution in [0.5, 0.6) is 23.0 Å². The molecule has 0 saturated carbocycles. The van der Waals surface area contributed by atoms with Crippen molar-refractivity contribution in [1.29, 1.82) is 5.26 Å². The van der Waals surface area contributed by atoms with E-state index in [-0.39, 0.29) is 52.2 Å². The van der Waals surface area contributed by atoms with Gasteiger partial charge in [-0.3, -0.25) is 10.1 Å². The predicted octanol–water partition coefficient (Wildman–Crippen LogP) is 7.20. The minimum absolute atomic E-state index is 0. The predicted molar refractivity (Wildman–Crippen MR) is 234 cm³/mol. The second kappa shape index (κ2) is 19.6. The normalized spacial score (nSPS) is 11.7. The van der Waals surface area contributed by atoms with Crippen LogP contribution in [0.1, 0.15) is 15.9 Å². The molecule has 10 nitrogen and oxygen atoms in total. The van der Waals surface area contributed by atoms with Crippen molar-refractivity contribution in [2.45, 2.75) is 0 Å². The van der Waals surface area contributed by atoms with Crippen LogP contribution in [0.3, 0.4) is 0 Å². The monoisotopic (exact) mass is 1010 g/mol. The van der Waals surface area contributed by atoms with Gasteiger partial charge in [-0.2, -0.15) is 0 Å². The Hall–Kier alpha value is -6.39. The van der Waals surface area contributed by atoms with Gasteiger partial charge in [-0.25, -0.2) is 5.26 Å². The average molecular weight is 1010 g/mol. The van der Waals surface area contributed by atoms with Gasteiger partial charge >= 0.3 is 0 Å². The first-order valence-electron chi connectivity index (χ1n) is 18.1. The number of carbonyl (C=O) groups is 1. The Kier molecular flexibility index (Phi) is 14.1. The fraction of sp³-hybridized carbons (Fsp3) is 0.0426. The number of hydrogen-bond acceptors (Lipinski definition) is 8. The third-order valence-electron chi connectivity index (χ3n) is 9.59. The van der Waals surface area contributed by atoms with E-state index in [1.165, 1.54) is 31.8 Å². The maximum atomic E-state index is 10.4. The summed E-state index contributed by atoms with van der Waals surface area (Å²) in [6.07, 6.45) is 0. The van der Waals surface area contributed by atoms with Gasteiger partial charge in [-0.15, -0.1) is 12.1 Å². The summed E-state index contributed by atoms with van der Waals surface area (Å²) in [5, 5.41) is 35.1. The Labute approximate surface area is 363 Å². The fourth-order valence-corrected chi connectivity index (χ4v) is 12.5. The number of fused-ring (bicyclic) bond motifs is 2. The second-order valence-electron chi connectivity index (χ2n) is 13.0. The van der Waals surface area contributed by atoms with Gasteiger partial charge in [0.2, 0.25) is 25.2 Å². The van der Waals surface area contributed by atoms with Gasteiger partial charge in [0.15, 0.2) is 23.0 Å². The van der Waals surface area contributed by atoms with Crippen LogP contribution in [0.15, 0.2) is 158 Å². The molecule has 2 aliphatic rings. The molecule has 0 unspecified atom stereocenters. The van der Waals surface area contributed by atoms with E-state index >= 15 is 0 Å². The van der Waals surface area contributed by atoms with Crippen molar-refractivity contribution < 1.29 is 53.9 Å². The smallest absolute Gasteiger partial charge is 0.247 e. The molecule has 0 saturated heterocycles. The van der Waals surface area contributed by atoms with Crippen LogP contribution in [0.25, 0.3) is 11.1 Å². The second-order valence-corrected chi connectivity index (χ2v) is 17.9. The molecule has 0 bridgehead atoms. The van der Waals surface area contributed by atoms with E-state index in [1.54, 1.807) is 6.07 Å². The van der Waals surface area contributed by atoms with Gasteiger partial charge in [0.25, 0.3) is 0 Å². The van der Waals surface area contributed by atoms with E-state index in [4.69, 9.17) is 29.3 Å². The number of nitrogens with zero attached hydrogens (tertiary/aromatic N) is 2. The Bertz CT molecular complexity index is 2590. The third-order valence-corrected chi connectivity index (χ3v) is 15.1. The molecule has 13 heteroatoms. The number of rotatable bonds is 9. The molecule has 1 radical (unpaired) electrons. The largest absolute Gasteiger partial charge is 0.521 e. The number of hydrogen-bond donors (Lipinski definition) is 1. The molecule has 2 aliphatic heterocycles. The van der Waals surface area contributed by atoms with Crippen molar-refractivity contribution >= 4 is 59.3 Å². The Morgan fingerprint density at radius 1 is 0.667 bits per heavy atom. The van der Waals surface area contributed by atoms with Crippen molar-refractivity contribution in [3.63, 3.8) is 0 Å². The van der Waals surface area contributed by atoms with Gasteiger partial charge < -0.3 is 36.3 Å². The quantitative estimate of drug-likeness (QED) is 0.0688. The van der Waals surface area contributed by atoms with E-state index in [0.717, 1.165) is 46.3 Å². The van der Waals surface area contributed by atoms with Gasteiger partial charge in [0, 0.05) is 42.2 Å². The molecule has 7 aromatic rings. The van der Waals surface area contributed by atoms with Gasteiger partial charge in [0.1, 0.15) is 31.8 Å². The van der Waals surface area contributed by atoms with Crippen molar-refractivity contribution in [1.82, 2.24) is 0 Å². The number of carboxylic acids is 1. The number of benzene rings is 7. The molecule has 1 N–H and O–H groups in total. The summed E-state index contributed by atoms with van der Waals surface area (Å²) in [5.41, 5.74) is 1.10. The fourth-order valence-electron chi connectivity index (χ4n) is 7.02. The van der Waals surface area contributed by atoms with Crippen LogP contribution in [-0.2, 0) is 20.1 Å². The van der Waals surface area contributed by atoms with Crippen molar-refractivity contribution in [3.05, 3.63) is 192 Å². The van der Waals surface area contributed by atoms with Crippen LogP contribution in [0, 0.1) is 34.9 Å². The molecule has 0 atom stereocenters. The summed E-state index contributed by atoms with van der Waals surface area (Å²) in [4.78, 5) is 20.0. The number of aromatic carboxylic acids is 1. The maximum Gasteiger partial charge on any atom is 0.247 e.